The molecular weight excluding hydrogens is 346 g/mol. The summed E-state index contributed by atoms with van der Waals surface area (Å²) < 4.78 is 3.87. The van der Waals surface area contributed by atoms with Crippen LogP contribution in [0.2, 0.25) is 0 Å². The van der Waals surface area contributed by atoms with E-state index in [0.29, 0.717) is 0 Å². The Morgan fingerprint density at radius 2 is 1.96 bits per heavy atom. The van der Waals surface area contributed by atoms with Crippen LogP contribution >= 0.6 is 0 Å². The highest BCUT2D eigenvalue weighted by molar-refractivity contribution is 5.79. The van der Waals surface area contributed by atoms with E-state index in [1.165, 1.54) is 33.6 Å². The smallest absolute Gasteiger partial charge is 0.332 e. The third kappa shape index (κ3) is 2.59. The van der Waals surface area contributed by atoms with E-state index in [0.717, 1.165) is 17.4 Å². The highest BCUT2D eigenvalue weighted by atomic mass is 16.2. The first-order chi connectivity index (χ1) is 12.9. The summed E-state index contributed by atoms with van der Waals surface area (Å²) in [7, 11) is 4.78. The number of nitrogens with zero attached hydrogens (tertiary/aromatic N) is 5. The maximum absolute atomic E-state index is 12.9. The second kappa shape index (κ2) is 6.22. The third-order valence-corrected chi connectivity index (χ3v) is 5.48. The predicted octanol–water partition coefficient (Wildman–Crippen LogP) is 0.580. The molecule has 1 aliphatic rings. The zero-order valence-corrected chi connectivity index (χ0v) is 15.5. The van der Waals surface area contributed by atoms with E-state index in [-0.39, 0.29) is 29.7 Å². The Hall–Kier alpha value is -3.16. The van der Waals surface area contributed by atoms with Crippen LogP contribution in [0.5, 0.6) is 0 Å². The second-order valence-electron chi connectivity index (χ2n) is 7.01. The number of fused-ring (bicyclic) bond motifs is 2. The largest absolute Gasteiger partial charge is 0.337 e. The average molecular weight is 367 g/mol. The van der Waals surface area contributed by atoms with Crippen LogP contribution < -0.4 is 11.2 Å². The average Bonchev–Trinajstić information content (AvgIpc) is 3.28. The van der Waals surface area contributed by atoms with E-state index in [1.807, 2.05) is 12.1 Å². The number of hydrogen-bond donors (Lipinski definition) is 0. The molecule has 1 unspecified atom stereocenters. The number of benzene rings is 1. The molecule has 4 rings (SSSR count). The van der Waals surface area contributed by atoms with E-state index in [9.17, 15) is 14.4 Å². The van der Waals surface area contributed by atoms with Crippen molar-refractivity contribution in [1.82, 2.24) is 23.6 Å². The summed E-state index contributed by atoms with van der Waals surface area (Å²) in [6.45, 7) is -0.000882. The molecule has 0 saturated heterocycles. The second-order valence-corrected chi connectivity index (χ2v) is 7.01. The van der Waals surface area contributed by atoms with Crippen molar-refractivity contribution in [3.63, 3.8) is 0 Å². The van der Waals surface area contributed by atoms with Crippen molar-refractivity contribution in [3.05, 3.63) is 62.6 Å². The molecule has 0 spiro atoms. The van der Waals surface area contributed by atoms with Gasteiger partial charge in [0.15, 0.2) is 11.2 Å². The summed E-state index contributed by atoms with van der Waals surface area (Å²) in [6.07, 6.45) is 3.29. The van der Waals surface area contributed by atoms with Crippen LogP contribution in [0.4, 0.5) is 0 Å². The number of carbonyl (C=O) groups excluding carboxylic acids is 1. The fourth-order valence-electron chi connectivity index (χ4n) is 3.88. The van der Waals surface area contributed by atoms with E-state index in [2.05, 4.69) is 17.1 Å². The number of rotatable bonds is 3. The number of aryl methyl sites for hydroxylation is 2. The number of carbonyl (C=O) groups is 1. The molecular formula is C19H21N5O3. The first-order valence-corrected chi connectivity index (χ1v) is 8.84. The molecule has 8 nitrogen and oxygen atoms in total. The normalized spacial score (nSPS) is 15.9. The Balaban J connectivity index is 1.66. The Labute approximate surface area is 155 Å². The first-order valence-electron chi connectivity index (χ1n) is 8.84. The fourth-order valence-corrected chi connectivity index (χ4v) is 3.88. The molecule has 0 saturated carbocycles. The van der Waals surface area contributed by atoms with Crippen molar-refractivity contribution < 1.29 is 4.79 Å². The first kappa shape index (κ1) is 17.3. The predicted molar refractivity (Wildman–Crippen MR) is 100 cm³/mol. The molecule has 1 atom stereocenters. The number of aromatic nitrogens is 4. The van der Waals surface area contributed by atoms with Gasteiger partial charge in [0.05, 0.1) is 12.4 Å². The van der Waals surface area contributed by atoms with E-state index in [4.69, 9.17) is 0 Å². The van der Waals surface area contributed by atoms with Crippen molar-refractivity contribution >= 4 is 17.1 Å². The molecule has 140 valence electrons. The maximum Gasteiger partial charge on any atom is 0.332 e. The van der Waals surface area contributed by atoms with Crippen LogP contribution in [0.1, 0.15) is 23.6 Å². The van der Waals surface area contributed by atoms with Gasteiger partial charge in [-0.15, -0.1) is 0 Å². The lowest BCUT2D eigenvalue weighted by Crippen LogP contribution is -2.38. The lowest BCUT2D eigenvalue weighted by Gasteiger charge is -2.25. The van der Waals surface area contributed by atoms with Gasteiger partial charge < -0.3 is 9.47 Å². The number of likely N-dealkylation sites (N-methyl/N-ethyl adjacent to an activating group) is 1. The van der Waals surface area contributed by atoms with E-state index < -0.39 is 11.2 Å². The minimum atomic E-state index is -0.452. The van der Waals surface area contributed by atoms with Crippen LogP contribution in [0.3, 0.4) is 0 Å². The highest BCUT2D eigenvalue weighted by Crippen LogP contribution is 2.34. The summed E-state index contributed by atoms with van der Waals surface area (Å²) in [4.78, 5) is 43.4. The molecule has 2 heterocycles. The van der Waals surface area contributed by atoms with Crippen molar-refractivity contribution in [3.8, 4) is 0 Å². The Morgan fingerprint density at radius 3 is 2.74 bits per heavy atom. The van der Waals surface area contributed by atoms with Crippen LogP contribution in [0, 0.1) is 0 Å². The van der Waals surface area contributed by atoms with Gasteiger partial charge >= 0.3 is 5.69 Å². The monoisotopic (exact) mass is 367 g/mol. The van der Waals surface area contributed by atoms with Crippen molar-refractivity contribution in [2.24, 2.45) is 14.1 Å². The molecule has 2 aromatic heterocycles. The zero-order valence-electron chi connectivity index (χ0n) is 15.5. The van der Waals surface area contributed by atoms with Gasteiger partial charge in [-0.05, 0) is 24.0 Å². The highest BCUT2D eigenvalue weighted by Gasteiger charge is 2.28. The topological polar surface area (TPSA) is 82.1 Å². The maximum atomic E-state index is 12.9. The standard InChI is InChI=1S/C19H21N5O3/c1-21(14-9-8-12-6-4-5-7-13(12)14)15(25)10-24-11-20-17-16(24)18(26)23(3)19(27)22(17)2/h4-7,11,14H,8-10H2,1-3H3. The van der Waals surface area contributed by atoms with Gasteiger partial charge in [-0.3, -0.25) is 18.7 Å². The summed E-state index contributed by atoms with van der Waals surface area (Å²) in [6, 6.07) is 8.20. The van der Waals surface area contributed by atoms with Gasteiger partial charge in [0.25, 0.3) is 5.56 Å². The molecule has 0 fully saturated rings. The van der Waals surface area contributed by atoms with Gasteiger partial charge in [-0.2, -0.15) is 0 Å². The van der Waals surface area contributed by atoms with Gasteiger partial charge in [0.1, 0.15) is 6.54 Å². The summed E-state index contributed by atoms with van der Waals surface area (Å²) in [5, 5.41) is 0. The molecule has 3 aromatic rings. The van der Waals surface area contributed by atoms with Crippen LogP contribution in [-0.4, -0.2) is 36.5 Å². The van der Waals surface area contributed by atoms with Crippen LogP contribution in [0.25, 0.3) is 11.2 Å². The molecule has 1 amide bonds. The minimum absolute atomic E-state index is 0.000882. The SMILES string of the molecule is CN(C(=O)Cn1cnc2c1c(=O)n(C)c(=O)n2C)C1CCc2ccccc21. The van der Waals surface area contributed by atoms with Crippen LogP contribution in [0.15, 0.2) is 40.2 Å². The minimum Gasteiger partial charge on any atom is -0.337 e. The number of imidazole rings is 1. The van der Waals surface area contributed by atoms with Gasteiger partial charge in [0, 0.05) is 21.1 Å². The molecule has 0 radical (unpaired) electrons. The fraction of sp³-hybridized carbons (Fsp3) is 0.368. The van der Waals surface area contributed by atoms with Gasteiger partial charge in [-0.1, -0.05) is 24.3 Å². The van der Waals surface area contributed by atoms with E-state index >= 15 is 0 Å². The molecule has 27 heavy (non-hydrogen) atoms. The summed E-state index contributed by atoms with van der Waals surface area (Å²) >= 11 is 0. The zero-order chi connectivity index (χ0) is 19.3. The Kier molecular flexibility index (Phi) is 3.98. The Bertz CT molecular complexity index is 1170. The van der Waals surface area contributed by atoms with Crippen molar-refractivity contribution in [1.29, 1.82) is 0 Å². The van der Waals surface area contributed by atoms with Crippen molar-refractivity contribution in [2.45, 2.75) is 25.4 Å². The lowest BCUT2D eigenvalue weighted by molar-refractivity contribution is -0.132. The molecule has 1 aliphatic carbocycles. The molecule has 8 heteroatoms. The van der Waals surface area contributed by atoms with E-state index in [1.54, 1.807) is 19.0 Å². The van der Waals surface area contributed by atoms with Gasteiger partial charge in [0.2, 0.25) is 5.91 Å². The molecule has 0 bridgehead atoms. The molecule has 0 N–H and O–H groups in total. The number of amides is 1. The quantitative estimate of drug-likeness (QED) is 0.678. The molecule has 0 aliphatic heterocycles. The van der Waals surface area contributed by atoms with Crippen molar-refractivity contribution in [2.75, 3.05) is 7.05 Å². The summed E-state index contributed by atoms with van der Waals surface area (Å²) in [5.41, 5.74) is 2.11. The van der Waals surface area contributed by atoms with Gasteiger partial charge in [-0.25, -0.2) is 9.78 Å². The lowest BCUT2D eigenvalue weighted by atomic mass is 10.1. The summed E-state index contributed by atoms with van der Waals surface area (Å²) in [5.74, 6) is -0.105. The number of hydrogen-bond acceptors (Lipinski definition) is 4. The third-order valence-electron chi connectivity index (χ3n) is 5.48. The van der Waals surface area contributed by atoms with Crippen LogP contribution in [-0.2, 0) is 31.9 Å². The molecule has 1 aromatic carbocycles. The Morgan fingerprint density at radius 1 is 1.22 bits per heavy atom.